The van der Waals surface area contributed by atoms with Gasteiger partial charge in [-0.1, -0.05) is 29.3 Å². The minimum absolute atomic E-state index is 0.0529. The van der Waals surface area contributed by atoms with E-state index in [1.807, 2.05) is 32.9 Å². The number of pyridine rings is 1. The highest BCUT2D eigenvalue weighted by molar-refractivity contribution is 6.35. The van der Waals surface area contributed by atoms with Crippen molar-refractivity contribution in [2.24, 2.45) is 0 Å². The van der Waals surface area contributed by atoms with Crippen LogP contribution in [0.15, 0.2) is 24.3 Å². The third kappa shape index (κ3) is 4.21. The van der Waals surface area contributed by atoms with E-state index in [9.17, 15) is 4.79 Å². The lowest BCUT2D eigenvalue weighted by Gasteiger charge is -2.12. The number of aromatic nitrogens is 1. The average Bonchev–Trinajstić information content (AvgIpc) is 2.42. The van der Waals surface area contributed by atoms with E-state index in [-0.39, 0.29) is 5.91 Å². The van der Waals surface area contributed by atoms with Crippen molar-refractivity contribution in [2.45, 2.75) is 33.6 Å². The summed E-state index contributed by atoms with van der Waals surface area (Å²) in [6.45, 7) is 5.80. The number of carbonyl (C=O) groups excluding carboxylic acids is 1. The van der Waals surface area contributed by atoms with Crippen LogP contribution in [0.25, 0.3) is 0 Å². The highest BCUT2D eigenvalue weighted by Crippen LogP contribution is 2.23. The predicted octanol–water partition coefficient (Wildman–Crippen LogP) is 4.88. The summed E-state index contributed by atoms with van der Waals surface area (Å²) in [5.41, 5.74) is 4.49. The maximum Gasteiger partial charge on any atom is 0.224 e. The number of anilines is 1. The fourth-order valence-electron chi connectivity index (χ4n) is 2.39. The van der Waals surface area contributed by atoms with E-state index in [0.717, 1.165) is 28.2 Å². The lowest BCUT2D eigenvalue weighted by Crippen LogP contribution is -2.15. The Balaban J connectivity index is 2.02. The number of hydrogen-bond acceptors (Lipinski definition) is 2. The standard InChI is InChI=1S/C17H18Cl2N2O/c1-10-8-11(2)20-12(3)17(10)21-16(22)7-5-13-4-6-14(18)9-15(13)19/h4,6,8-9H,5,7H2,1-3H3,(H,21,22). The molecule has 0 saturated carbocycles. The van der Waals surface area contributed by atoms with Crippen molar-refractivity contribution in [1.82, 2.24) is 4.98 Å². The molecule has 1 aromatic carbocycles. The molecule has 0 radical (unpaired) electrons. The lowest BCUT2D eigenvalue weighted by molar-refractivity contribution is -0.116. The molecule has 2 aromatic rings. The number of amides is 1. The summed E-state index contributed by atoms with van der Waals surface area (Å²) in [5.74, 6) is -0.0529. The van der Waals surface area contributed by atoms with E-state index in [1.165, 1.54) is 0 Å². The highest BCUT2D eigenvalue weighted by atomic mass is 35.5. The van der Waals surface area contributed by atoms with Crippen molar-refractivity contribution in [3.05, 3.63) is 56.8 Å². The zero-order valence-electron chi connectivity index (χ0n) is 12.8. The van der Waals surface area contributed by atoms with Crippen LogP contribution in [0.3, 0.4) is 0 Å². The number of rotatable bonds is 4. The largest absolute Gasteiger partial charge is 0.324 e. The zero-order valence-corrected chi connectivity index (χ0v) is 14.3. The van der Waals surface area contributed by atoms with Crippen LogP contribution in [0.2, 0.25) is 10.0 Å². The number of carbonyl (C=O) groups is 1. The summed E-state index contributed by atoms with van der Waals surface area (Å²) < 4.78 is 0. The smallest absolute Gasteiger partial charge is 0.224 e. The second-order valence-electron chi connectivity index (χ2n) is 5.32. The molecule has 1 N–H and O–H groups in total. The summed E-state index contributed by atoms with van der Waals surface area (Å²) in [7, 11) is 0. The number of aryl methyl sites for hydroxylation is 4. The van der Waals surface area contributed by atoms with E-state index >= 15 is 0 Å². The van der Waals surface area contributed by atoms with Crippen molar-refractivity contribution >= 4 is 34.8 Å². The van der Waals surface area contributed by atoms with Crippen molar-refractivity contribution in [3.63, 3.8) is 0 Å². The minimum Gasteiger partial charge on any atom is -0.324 e. The third-order valence-electron chi connectivity index (χ3n) is 3.43. The SMILES string of the molecule is Cc1cc(C)c(NC(=O)CCc2ccc(Cl)cc2Cl)c(C)n1. The predicted molar refractivity (Wildman–Crippen MR) is 91.9 cm³/mol. The van der Waals surface area contributed by atoms with E-state index in [2.05, 4.69) is 10.3 Å². The van der Waals surface area contributed by atoms with Gasteiger partial charge in [-0.15, -0.1) is 0 Å². The number of halogens is 2. The van der Waals surface area contributed by atoms with Gasteiger partial charge in [-0.05, 0) is 56.5 Å². The Morgan fingerprint density at radius 1 is 1.18 bits per heavy atom. The molecule has 22 heavy (non-hydrogen) atoms. The number of hydrogen-bond donors (Lipinski definition) is 1. The van der Waals surface area contributed by atoms with Crippen LogP contribution in [0.1, 0.15) is 28.9 Å². The molecule has 5 heteroatoms. The molecule has 0 spiro atoms. The van der Waals surface area contributed by atoms with E-state index in [0.29, 0.717) is 22.9 Å². The van der Waals surface area contributed by atoms with Gasteiger partial charge in [0.05, 0.1) is 11.4 Å². The molecule has 116 valence electrons. The molecule has 0 saturated heterocycles. The van der Waals surface area contributed by atoms with Gasteiger partial charge < -0.3 is 5.32 Å². The molecular formula is C17H18Cl2N2O. The summed E-state index contributed by atoms with van der Waals surface area (Å²) in [5, 5.41) is 4.12. The van der Waals surface area contributed by atoms with Crippen LogP contribution in [0.5, 0.6) is 0 Å². The van der Waals surface area contributed by atoms with Gasteiger partial charge in [0.2, 0.25) is 5.91 Å². The van der Waals surface area contributed by atoms with Gasteiger partial charge in [0, 0.05) is 22.2 Å². The first kappa shape index (κ1) is 16.8. The van der Waals surface area contributed by atoms with Crippen LogP contribution < -0.4 is 5.32 Å². The maximum absolute atomic E-state index is 12.1. The molecule has 0 aliphatic heterocycles. The monoisotopic (exact) mass is 336 g/mol. The summed E-state index contributed by atoms with van der Waals surface area (Å²) in [4.78, 5) is 16.5. The van der Waals surface area contributed by atoms with Crippen LogP contribution in [-0.2, 0) is 11.2 Å². The van der Waals surface area contributed by atoms with Crippen LogP contribution in [-0.4, -0.2) is 10.9 Å². The van der Waals surface area contributed by atoms with Gasteiger partial charge in [-0.3, -0.25) is 9.78 Å². The molecule has 1 aromatic heterocycles. The van der Waals surface area contributed by atoms with Gasteiger partial charge >= 0.3 is 0 Å². The first-order valence-corrected chi connectivity index (χ1v) is 7.81. The van der Waals surface area contributed by atoms with Gasteiger partial charge in [0.25, 0.3) is 0 Å². The molecule has 0 unspecified atom stereocenters. The van der Waals surface area contributed by atoms with Crippen molar-refractivity contribution in [3.8, 4) is 0 Å². The lowest BCUT2D eigenvalue weighted by atomic mass is 10.1. The average molecular weight is 337 g/mol. The Labute approximate surface area is 140 Å². The van der Waals surface area contributed by atoms with Gasteiger partial charge in [0.15, 0.2) is 0 Å². The van der Waals surface area contributed by atoms with Gasteiger partial charge in [-0.2, -0.15) is 0 Å². The van der Waals surface area contributed by atoms with Gasteiger partial charge in [-0.25, -0.2) is 0 Å². The summed E-state index contributed by atoms with van der Waals surface area (Å²) in [6.07, 6.45) is 0.924. The first-order valence-electron chi connectivity index (χ1n) is 7.05. The Kier molecular flexibility index (Phi) is 5.43. The zero-order chi connectivity index (χ0) is 16.3. The number of benzene rings is 1. The number of nitrogens with zero attached hydrogens (tertiary/aromatic N) is 1. The summed E-state index contributed by atoms with van der Waals surface area (Å²) >= 11 is 12.0. The van der Waals surface area contributed by atoms with Gasteiger partial charge in [0.1, 0.15) is 0 Å². The Morgan fingerprint density at radius 3 is 2.55 bits per heavy atom. The minimum atomic E-state index is -0.0529. The van der Waals surface area contributed by atoms with E-state index < -0.39 is 0 Å². The van der Waals surface area contributed by atoms with E-state index in [4.69, 9.17) is 23.2 Å². The van der Waals surface area contributed by atoms with Crippen LogP contribution in [0.4, 0.5) is 5.69 Å². The molecular weight excluding hydrogens is 319 g/mol. The Bertz CT molecular complexity index is 691. The Hall–Kier alpha value is -1.58. The fraction of sp³-hybridized carbons (Fsp3) is 0.294. The summed E-state index contributed by atoms with van der Waals surface area (Å²) in [6, 6.07) is 7.27. The molecule has 0 atom stereocenters. The number of nitrogens with one attached hydrogen (secondary N) is 1. The molecule has 1 heterocycles. The molecule has 0 aliphatic rings. The van der Waals surface area contributed by atoms with Crippen molar-refractivity contribution in [2.75, 3.05) is 5.32 Å². The quantitative estimate of drug-likeness (QED) is 0.863. The first-order chi connectivity index (χ1) is 10.4. The molecule has 0 fully saturated rings. The van der Waals surface area contributed by atoms with Crippen molar-refractivity contribution < 1.29 is 4.79 Å². The molecule has 3 nitrogen and oxygen atoms in total. The fourth-order valence-corrected chi connectivity index (χ4v) is 2.89. The van der Waals surface area contributed by atoms with Crippen LogP contribution in [0, 0.1) is 20.8 Å². The maximum atomic E-state index is 12.1. The second kappa shape index (κ2) is 7.12. The van der Waals surface area contributed by atoms with Crippen LogP contribution >= 0.6 is 23.2 Å². The molecule has 1 amide bonds. The molecule has 0 bridgehead atoms. The molecule has 2 rings (SSSR count). The normalized spacial score (nSPS) is 10.6. The third-order valence-corrected chi connectivity index (χ3v) is 4.01. The second-order valence-corrected chi connectivity index (χ2v) is 6.17. The van der Waals surface area contributed by atoms with E-state index in [1.54, 1.807) is 12.1 Å². The Morgan fingerprint density at radius 2 is 1.91 bits per heavy atom. The molecule has 0 aliphatic carbocycles. The van der Waals surface area contributed by atoms with Crippen molar-refractivity contribution in [1.29, 1.82) is 0 Å². The topological polar surface area (TPSA) is 42.0 Å². The highest BCUT2D eigenvalue weighted by Gasteiger charge is 2.10.